The molecule has 0 aliphatic carbocycles. The van der Waals surface area contributed by atoms with Gasteiger partial charge < -0.3 is 19.3 Å². The Labute approximate surface area is 197 Å². The average Bonchev–Trinajstić information content (AvgIpc) is 3.24. The van der Waals surface area contributed by atoms with Crippen LogP contribution < -0.4 is 9.47 Å². The van der Waals surface area contributed by atoms with Crippen molar-refractivity contribution in [3.63, 3.8) is 0 Å². The lowest BCUT2D eigenvalue weighted by atomic mass is 10.1. The fourth-order valence-corrected chi connectivity index (χ4v) is 4.11. The minimum absolute atomic E-state index is 0.0982. The van der Waals surface area contributed by atoms with E-state index in [0.717, 1.165) is 11.4 Å². The van der Waals surface area contributed by atoms with E-state index in [1.165, 1.54) is 7.11 Å². The van der Waals surface area contributed by atoms with Gasteiger partial charge in [0.2, 0.25) is 0 Å². The number of benzene rings is 2. The molecule has 172 valence electrons. The molecule has 0 spiro atoms. The number of methoxy groups -OCH3 is 2. The monoisotopic (exact) mass is 468 g/mol. The third-order valence-corrected chi connectivity index (χ3v) is 6.01. The number of piperazine rings is 1. The lowest BCUT2D eigenvalue weighted by molar-refractivity contribution is 0.0535. The van der Waals surface area contributed by atoms with Gasteiger partial charge in [-0.1, -0.05) is 17.7 Å². The Balaban J connectivity index is 1.43. The molecule has 1 saturated heterocycles. The van der Waals surface area contributed by atoms with E-state index in [-0.39, 0.29) is 11.8 Å². The topological polar surface area (TPSA) is 76.9 Å². The van der Waals surface area contributed by atoms with Crippen molar-refractivity contribution < 1.29 is 19.1 Å². The maximum atomic E-state index is 13.1. The largest absolute Gasteiger partial charge is 0.493 e. The van der Waals surface area contributed by atoms with Gasteiger partial charge in [0, 0.05) is 36.8 Å². The van der Waals surface area contributed by atoms with Crippen LogP contribution >= 0.6 is 11.6 Å². The molecule has 0 radical (unpaired) electrons. The molecule has 3 aromatic rings. The lowest BCUT2D eigenvalue weighted by Crippen LogP contribution is -2.50. The van der Waals surface area contributed by atoms with Gasteiger partial charge in [-0.15, -0.1) is 0 Å². The van der Waals surface area contributed by atoms with Gasteiger partial charge in [0.15, 0.2) is 11.5 Å². The summed E-state index contributed by atoms with van der Waals surface area (Å²) in [6.45, 7) is 3.64. The Hall–Kier alpha value is -3.52. The summed E-state index contributed by atoms with van der Waals surface area (Å²) in [5, 5.41) is 4.98. The Bertz CT molecular complexity index is 1180. The molecule has 1 aliphatic heterocycles. The molecule has 0 saturated carbocycles. The van der Waals surface area contributed by atoms with Crippen LogP contribution in [0.3, 0.4) is 0 Å². The first-order valence-electron chi connectivity index (χ1n) is 10.5. The highest BCUT2D eigenvalue weighted by Crippen LogP contribution is 2.28. The van der Waals surface area contributed by atoms with E-state index in [2.05, 4.69) is 5.10 Å². The summed E-state index contributed by atoms with van der Waals surface area (Å²) in [4.78, 5) is 29.6. The van der Waals surface area contributed by atoms with Crippen LogP contribution in [0.25, 0.3) is 5.69 Å². The number of rotatable bonds is 5. The van der Waals surface area contributed by atoms with Gasteiger partial charge in [0.25, 0.3) is 11.8 Å². The maximum absolute atomic E-state index is 13.1. The zero-order chi connectivity index (χ0) is 23.5. The van der Waals surface area contributed by atoms with Crippen molar-refractivity contribution in [2.45, 2.75) is 6.92 Å². The Morgan fingerprint density at radius 2 is 1.58 bits per heavy atom. The van der Waals surface area contributed by atoms with E-state index in [1.807, 2.05) is 19.1 Å². The zero-order valence-electron chi connectivity index (χ0n) is 18.7. The molecule has 33 heavy (non-hydrogen) atoms. The van der Waals surface area contributed by atoms with Crippen molar-refractivity contribution in [1.82, 2.24) is 19.6 Å². The minimum atomic E-state index is -0.104. The van der Waals surface area contributed by atoms with Crippen LogP contribution in [0.2, 0.25) is 5.02 Å². The Morgan fingerprint density at radius 1 is 0.909 bits per heavy atom. The number of amides is 2. The molecular weight excluding hydrogens is 444 g/mol. The first kappa shape index (κ1) is 22.7. The normalized spacial score (nSPS) is 13.7. The molecule has 4 rings (SSSR count). The molecule has 0 bridgehead atoms. The molecule has 8 nitrogen and oxygen atoms in total. The first-order valence-corrected chi connectivity index (χ1v) is 10.9. The summed E-state index contributed by atoms with van der Waals surface area (Å²) in [5.41, 5.74) is 2.59. The van der Waals surface area contributed by atoms with Gasteiger partial charge >= 0.3 is 0 Å². The quantitative estimate of drug-likeness (QED) is 0.573. The molecule has 9 heteroatoms. The van der Waals surface area contributed by atoms with Crippen LogP contribution in [0, 0.1) is 6.92 Å². The highest BCUT2D eigenvalue weighted by molar-refractivity contribution is 6.30. The van der Waals surface area contributed by atoms with Crippen molar-refractivity contribution in [2.24, 2.45) is 0 Å². The first-order chi connectivity index (χ1) is 15.9. The predicted octanol–water partition coefficient (Wildman–Crippen LogP) is 3.45. The molecule has 0 N–H and O–H groups in total. The number of halogens is 1. The Kier molecular flexibility index (Phi) is 6.55. The second-order valence-electron chi connectivity index (χ2n) is 7.69. The lowest BCUT2D eigenvalue weighted by Gasteiger charge is -2.34. The van der Waals surface area contributed by atoms with Crippen molar-refractivity contribution in [3.05, 3.63) is 70.5 Å². The molecule has 1 aliphatic rings. The van der Waals surface area contributed by atoms with Gasteiger partial charge in [-0.2, -0.15) is 5.10 Å². The molecular formula is C24H25ClN4O4. The van der Waals surface area contributed by atoms with Crippen LogP contribution in [0.4, 0.5) is 0 Å². The summed E-state index contributed by atoms with van der Waals surface area (Å²) in [7, 11) is 3.09. The van der Waals surface area contributed by atoms with Crippen LogP contribution in [0.5, 0.6) is 11.5 Å². The van der Waals surface area contributed by atoms with Gasteiger partial charge in [0.1, 0.15) is 0 Å². The average molecular weight is 469 g/mol. The fraction of sp³-hybridized carbons (Fsp3) is 0.292. The van der Waals surface area contributed by atoms with Gasteiger partial charge in [0.05, 0.1) is 37.4 Å². The Morgan fingerprint density at radius 3 is 2.21 bits per heavy atom. The number of nitrogens with zero attached hydrogens (tertiary/aromatic N) is 4. The number of carbonyl (C=O) groups is 2. The summed E-state index contributed by atoms with van der Waals surface area (Å²) < 4.78 is 12.2. The molecule has 0 atom stereocenters. The zero-order valence-corrected chi connectivity index (χ0v) is 19.5. The van der Waals surface area contributed by atoms with Gasteiger partial charge in [-0.05, 0) is 43.3 Å². The standard InChI is InChI=1S/C24H25ClN4O4/c1-16-20(15-26-29(16)19-6-4-5-18(25)14-19)24(31)28-11-9-27(10-12-28)23(30)17-7-8-21(32-2)22(13-17)33-3/h4-8,13-15H,9-12H2,1-3H3. The predicted molar refractivity (Wildman–Crippen MR) is 125 cm³/mol. The second kappa shape index (κ2) is 9.54. The number of carbonyl (C=O) groups excluding carboxylic acids is 2. The van der Waals surface area contributed by atoms with E-state index in [9.17, 15) is 9.59 Å². The smallest absolute Gasteiger partial charge is 0.257 e. The molecule has 1 fully saturated rings. The highest BCUT2D eigenvalue weighted by atomic mass is 35.5. The summed E-state index contributed by atoms with van der Waals surface area (Å²) in [6.07, 6.45) is 1.58. The summed E-state index contributed by atoms with van der Waals surface area (Å²) >= 11 is 6.09. The van der Waals surface area contributed by atoms with E-state index in [1.54, 1.807) is 58.1 Å². The number of ether oxygens (including phenoxy) is 2. The van der Waals surface area contributed by atoms with Crippen LogP contribution in [-0.2, 0) is 0 Å². The van der Waals surface area contributed by atoms with Crippen molar-refractivity contribution >= 4 is 23.4 Å². The summed E-state index contributed by atoms with van der Waals surface area (Å²) in [5.74, 6) is 0.870. The van der Waals surface area contributed by atoms with Crippen LogP contribution in [0.1, 0.15) is 26.4 Å². The maximum Gasteiger partial charge on any atom is 0.257 e. The molecule has 0 unspecified atom stereocenters. The van der Waals surface area contributed by atoms with Crippen molar-refractivity contribution in [1.29, 1.82) is 0 Å². The third kappa shape index (κ3) is 4.52. The van der Waals surface area contributed by atoms with Crippen LogP contribution in [0.15, 0.2) is 48.7 Å². The van der Waals surface area contributed by atoms with E-state index >= 15 is 0 Å². The van der Waals surface area contributed by atoms with Crippen molar-refractivity contribution in [3.8, 4) is 17.2 Å². The number of aromatic nitrogens is 2. The summed E-state index contributed by atoms with van der Waals surface area (Å²) in [6, 6.07) is 12.4. The van der Waals surface area contributed by atoms with Crippen LogP contribution in [-0.4, -0.2) is 71.8 Å². The van der Waals surface area contributed by atoms with Gasteiger partial charge in [-0.25, -0.2) is 4.68 Å². The molecule has 2 heterocycles. The molecule has 1 aromatic heterocycles. The highest BCUT2D eigenvalue weighted by Gasteiger charge is 2.28. The third-order valence-electron chi connectivity index (χ3n) is 5.78. The van der Waals surface area contributed by atoms with E-state index in [0.29, 0.717) is 53.8 Å². The van der Waals surface area contributed by atoms with Crippen molar-refractivity contribution in [2.75, 3.05) is 40.4 Å². The molecule has 2 aromatic carbocycles. The minimum Gasteiger partial charge on any atom is -0.493 e. The molecule has 2 amide bonds. The van der Waals surface area contributed by atoms with E-state index in [4.69, 9.17) is 21.1 Å². The number of hydrogen-bond acceptors (Lipinski definition) is 5. The SMILES string of the molecule is COc1ccc(C(=O)N2CCN(C(=O)c3cnn(-c4cccc(Cl)c4)c3C)CC2)cc1OC. The second-order valence-corrected chi connectivity index (χ2v) is 8.13. The van der Waals surface area contributed by atoms with E-state index < -0.39 is 0 Å². The van der Waals surface area contributed by atoms with Gasteiger partial charge in [-0.3, -0.25) is 9.59 Å². The fourth-order valence-electron chi connectivity index (χ4n) is 3.92. The number of hydrogen-bond donors (Lipinski definition) is 0.